The zero-order valence-corrected chi connectivity index (χ0v) is 16.1. The maximum Gasteiger partial charge on any atom is 0.230 e. The molecule has 1 aromatic carbocycles. The van der Waals surface area contributed by atoms with Gasteiger partial charge in [-0.2, -0.15) is 0 Å². The molecule has 0 bridgehead atoms. The monoisotopic (exact) mass is 385 g/mol. The number of carbonyl (C=O) groups is 1. The average molecular weight is 385 g/mol. The normalized spacial score (nSPS) is 16.9. The Hall–Kier alpha value is -2.32. The summed E-state index contributed by atoms with van der Waals surface area (Å²) >= 11 is 1.41. The van der Waals surface area contributed by atoms with Crippen molar-refractivity contribution in [1.82, 2.24) is 25.1 Å². The van der Waals surface area contributed by atoms with Crippen LogP contribution < -0.4 is 5.32 Å². The quantitative estimate of drug-likeness (QED) is 0.611. The number of para-hydroxylation sites is 1. The standard InChI is InChI=1S/C19H23N5O2S/c1-2-24-18(15-11-20-16-8-4-3-7-14(15)16)22-23-19(24)27-12-17(25)21-10-13-6-5-9-26-13/h3-4,7-8,11,13,20H,2,5-6,9-10,12H2,1H3,(H,21,25)/t13-/m1/s1. The van der Waals surface area contributed by atoms with Crippen LogP contribution in [-0.2, 0) is 16.1 Å². The Morgan fingerprint density at radius 1 is 1.41 bits per heavy atom. The Morgan fingerprint density at radius 2 is 2.30 bits per heavy atom. The number of thioether (sulfide) groups is 1. The zero-order chi connectivity index (χ0) is 18.6. The summed E-state index contributed by atoms with van der Waals surface area (Å²) in [7, 11) is 0. The van der Waals surface area contributed by atoms with Crippen molar-refractivity contribution in [2.45, 2.75) is 37.6 Å². The maximum atomic E-state index is 12.1. The molecule has 1 fully saturated rings. The predicted molar refractivity (Wildman–Crippen MR) is 106 cm³/mol. The van der Waals surface area contributed by atoms with Gasteiger partial charge in [-0.15, -0.1) is 10.2 Å². The van der Waals surface area contributed by atoms with E-state index in [1.54, 1.807) is 0 Å². The molecule has 1 atom stereocenters. The molecule has 0 saturated carbocycles. The minimum absolute atomic E-state index is 0.00482. The zero-order valence-electron chi connectivity index (χ0n) is 15.3. The second-order valence-corrected chi connectivity index (χ2v) is 7.47. The lowest BCUT2D eigenvalue weighted by molar-refractivity contribution is -0.119. The molecule has 27 heavy (non-hydrogen) atoms. The van der Waals surface area contributed by atoms with Gasteiger partial charge < -0.3 is 19.6 Å². The molecule has 3 aromatic rings. The summed E-state index contributed by atoms with van der Waals surface area (Å²) in [4.78, 5) is 15.4. The van der Waals surface area contributed by atoms with Crippen molar-refractivity contribution < 1.29 is 9.53 Å². The summed E-state index contributed by atoms with van der Waals surface area (Å²) < 4.78 is 7.58. The van der Waals surface area contributed by atoms with E-state index in [2.05, 4.69) is 33.5 Å². The fourth-order valence-electron chi connectivity index (χ4n) is 3.35. The van der Waals surface area contributed by atoms with Crippen molar-refractivity contribution in [3.8, 4) is 11.4 Å². The van der Waals surface area contributed by atoms with Crippen LogP contribution >= 0.6 is 11.8 Å². The average Bonchev–Trinajstić information content (AvgIpc) is 3.43. The first-order valence-corrected chi connectivity index (χ1v) is 10.3. The highest BCUT2D eigenvalue weighted by atomic mass is 32.2. The van der Waals surface area contributed by atoms with Crippen molar-refractivity contribution in [3.63, 3.8) is 0 Å². The number of hydrogen-bond donors (Lipinski definition) is 2. The van der Waals surface area contributed by atoms with Crippen molar-refractivity contribution in [2.75, 3.05) is 18.9 Å². The molecule has 2 aromatic heterocycles. The molecule has 0 spiro atoms. The second-order valence-electron chi connectivity index (χ2n) is 6.53. The molecule has 0 aliphatic carbocycles. The number of fused-ring (bicyclic) bond motifs is 1. The Morgan fingerprint density at radius 3 is 3.11 bits per heavy atom. The fraction of sp³-hybridized carbons (Fsp3) is 0.421. The van der Waals surface area contributed by atoms with Gasteiger partial charge in [-0.1, -0.05) is 30.0 Å². The van der Waals surface area contributed by atoms with Gasteiger partial charge in [0.1, 0.15) is 0 Å². The Labute approximate surface area is 161 Å². The van der Waals surface area contributed by atoms with E-state index in [0.717, 1.165) is 53.4 Å². The largest absolute Gasteiger partial charge is 0.376 e. The number of H-pyrrole nitrogens is 1. The van der Waals surface area contributed by atoms with Crippen LogP contribution in [0, 0.1) is 0 Å². The van der Waals surface area contributed by atoms with Crippen LogP contribution in [0.5, 0.6) is 0 Å². The van der Waals surface area contributed by atoms with Gasteiger partial charge in [-0.25, -0.2) is 0 Å². The number of nitrogens with one attached hydrogen (secondary N) is 2. The molecular formula is C19H23N5O2S. The van der Waals surface area contributed by atoms with Crippen LogP contribution in [-0.4, -0.2) is 50.7 Å². The third kappa shape index (κ3) is 3.86. The number of nitrogens with zero attached hydrogens (tertiary/aromatic N) is 3. The van der Waals surface area contributed by atoms with Crippen molar-refractivity contribution >= 4 is 28.6 Å². The van der Waals surface area contributed by atoms with Gasteiger partial charge in [0, 0.05) is 42.4 Å². The smallest absolute Gasteiger partial charge is 0.230 e. The Bertz CT molecular complexity index is 929. The van der Waals surface area contributed by atoms with E-state index in [0.29, 0.717) is 12.3 Å². The van der Waals surface area contributed by atoms with Gasteiger partial charge in [0.2, 0.25) is 5.91 Å². The molecule has 1 aliphatic rings. The van der Waals surface area contributed by atoms with E-state index < -0.39 is 0 Å². The Balaban J connectivity index is 1.44. The number of hydrogen-bond acceptors (Lipinski definition) is 5. The van der Waals surface area contributed by atoms with Gasteiger partial charge >= 0.3 is 0 Å². The highest BCUT2D eigenvalue weighted by Crippen LogP contribution is 2.29. The number of benzene rings is 1. The van der Waals surface area contributed by atoms with Crippen molar-refractivity contribution in [2.24, 2.45) is 0 Å². The molecule has 4 rings (SSSR count). The van der Waals surface area contributed by atoms with Gasteiger partial charge in [0.25, 0.3) is 0 Å². The van der Waals surface area contributed by atoms with Gasteiger partial charge in [0.05, 0.1) is 11.9 Å². The van der Waals surface area contributed by atoms with Gasteiger partial charge in [0.15, 0.2) is 11.0 Å². The number of rotatable bonds is 7. The number of ether oxygens (including phenoxy) is 1. The second kappa shape index (κ2) is 8.14. The highest BCUT2D eigenvalue weighted by Gasteiger charge is 2.19. The van der Waals surface area contributed by atoms with E-state index in [9.17, 15) is 4.79 Å². The van der Waals surface area contributed by atoms with Crippen molar-refractivity contribution in [3.05, 3.63) is 30.5 Å². The number of aromatic nitrogens is 4. The lowest BCUT2D eigenvalue weighted by Gasteiger charge is -2.10. The molecule has 7 nitrogen and oxygen atoms in total. The number of carbonyl (C=O) groups excluding carboxylic acids is 1. The van der Waals surface area contributed by atoms with Crippen LogP contribution in [0.3, 0.4) is 0 Å². The summed E-state index contributed by atoms with van der Waals surface area (Å²) in [5, 5.41) is 13.5. The predicted octanol–water partition coefficient (Wildman–Crippen LogP) is 2.83. The summed E-state index contributed by atoms with van der Waals surface area (Å²) in [6.07, 6.45) is 4.22. The van der Waals surface area contributed by atoms with Gasteiger partial charge in [-0.05, 0) is 25.8 Å². The van der Waals surface area contributed by atoms with E-state index in [1.807, 2.05) is 29.0 Å². The summed E-state index contributed by atoms with van der Waals surface area (Å²) in [6, 6.07) is 8.13. The van der Waals surface area contributed by atoms with E-state index in [4.69, 9.17) is 4.74 Å². The maximum absolute atomic E-state index is 12.1. The first kappa shape index (κ1) is 18.1. The number of amides is 1. The Kier molecular flexibility index (Phi) is 5.45. The van der Waals surface area contributed by atoms with Gasteiger partial charge in [-0.3, -0.25) is 4.79 Å². The molecule has 1 amide bonds. The fourth-order valence-corrected chi connectivity index (χ4v) is 4.18. The SMILES string of the molecule is CCn1c(SCC(=O)NC[C@H]2CCCO2)nnc1-c1c[nH]c2ccccc12. The lowest BCUT2D eigenvalue weighted by atomic mass is 10.1. The topological polar surface area (TPSA) is 84.8 Å². The van der Waals surface area contributed by atoms with E-state index in [-0.39, 0.29) is 12.0 Å². The highest BCUT2D eigenvalue weighted by molar-refractivity contribution is 7.99. The molecule has 8 heteroatoms. The molecule has 1 saturated heterocycles. The lowest BCUT2D eigenvalue weighted by Crippen LogP contribution is -2.32. The van der Waals surface area contributed by atoms with Crippen molar-refractivity contribution in [1.29, 1.82) is 0 Å². The third-order valence-electron chi connectivity index (χ3n) is 4.75. The summed E-state index contributed by atoms with van der Waals surface area (Å²) in [5.74, 6) is 1.13. The summed E-state index contributed by atoms with van der Waals surface area (Å²) in [6.45, 7) is 4.18. The van der Waals surface area contributed by atoms with E-state index in [1.165, 1.54) is 11.8 Å². The molecule has 3 heterocycles. The molecule has 1 aliphatic heterocycles. The minimum Gasteiger partial charge on any atom is -0.376 e. The third-order valence-corrected chi connectivity index (χ3v) is 5.71. The molecule has 0 radical (unpaired) electrons. The van der Waals surface area contributed by atoms with Crippen LogP contribution in [0.1, 0.15) is 19.8 Å². The van der Waals surface area contributed by atoms with Crippen LogP contribution in [0.15, 0.2) is 35.6 Å². The first-order valence-electron chi connectivity index (χ1n) is 9.27. The molecular weight excluding hydrogens is 362 g/mol. The summed E-state index contributed by atoms with van der Waals surface area (Å²) in [5.41, 5.74) is 2.09. The van der Waals surface area contributed by atoms with Crippen LogP contribution in [0.25, 0.3) is 22.3 Å². The van der Waals surface area contributed by atoms with Crippen LogP contribution in [0.2, 0.25) is 0 Å². The molecule has 142 valence electrons. The molecule has 0 unspecified atom stereocenters. The molecule has 2 N–H and O–H groups in total. The minimum atomic E-state index is -0.00482. The first-order chi connectivity index (χ1) is 13.3. The van der Waals surface area contributed by atoms with Crippen LogP contribution in [0.4, 0.5) is 0 Å². The van der Waals surface area contributed by atoms with E-state index >= 15 is 0 Å². The number of aromatic amines is 1.